The molecule has 0 aliphatic carbocycles. The Balaban J connectivity index is 0.00000128. The molecule has 1 amide bonds. The highest BCUT2D eigenvalue weighted by Crippen LogP contribution is 2.14. The fourth-order valence-corrected chi connectivity index (χ4v) is 2.49. The molecule has 0 bridgehead atoms. The predicted molar refractivity (Wildman–Crippen MR) is 69.5 cm³/mol. The second kappa shape index (κ2) is 5.66. The summed E-state index contributed by atoms with van der Waals surface area (Å²) in [4.78, 5) is 14.1. The van der Waals surface area contributed by atoms with Crippen LogP contribution < -0.4 is 5.32 Å². The SMILES string of the molecule is CC1CN(C(=O)c2ccsc2)C(C)CN1.Cl. The average molecular weight is 261 g/mol. The topological polar surface area (TPSA) is 32.3 Å². The van der Waals surface area contributed by atoms with E-state index in [9.17, 15) is 4.79 Å². The Hall–Kier alpha value is -0.580. The maximum Gasteiger partial charge on any atom is 0.255 e. The van der Waals surface area contributed by atoms with Crippen LogP contribution in [0.4, 0.5) is 0 Å². The van der Waals surface area contributed by atoms with Crippen LogP contribution in [0, 0.1) is 0 Å². The fraction of sp³-hybridized carbons (Fsp3) is 0.545. The number of nitrogens with one attached hydrogen (secondary N) is 1. The van der Waals surface area contributed by atoms with Gasteiger partial charge in [0, 0.05) is 30.6 Å². The first-order valence-corrected chi connectivity index (χ1v) is 6.19. The van der Waals surface area contributed by atoms with Crippen LogP contribution in [0.15, 0.2) is 16.8 Å². The zero-order valence-electron chi connectivity index (χ0n) is 9.47. The minimum Gasteiger partial charge on any atom is -0.333 e. The van der Waals surface area contributed by atoms with Crippen LogP contribution in [0.3, 0.4) is 0 Å². The number of amides is 1. The van der Waals surface area contributed by atoms with Gasteiger partial charge in [0.25, 0.3) is 5.91 Å². The summed E-state index contributed by atoms with van der Waals surface area (Å²) < 4.78 is 0. The zero-order valence-corrected chi connectivity index (χ0v) is 11.1. The summed E-state index contributed by atoms with van der Waals surface area (Å²) in [5.74, 6) is 0.164. The molecule has 5 heteroatoms. The summed E-state index contributed by atoms with van der Waals surface area (Å²) in [7, 11) is 0. The third-order valence-electron chi connectivity index (χ3n) is 2.79. The van der Waals surface area contributed by atoms with Gasteiger partial charge in [-0.05, 0) is 25.3 Å². The molecule has 1 aromatic rings. The Bertz CT molecular complexity index is 342. The van der Waals surface area contributed by atoms with E-state index in [0.717, 1.165) is 18.7 Å². The first kappa shape index (κ1) is 13.5. The molecule has 3 nitrogen and oxygen atoms in total. The molecule has 2 heterocycles. The average Bonchev–Trinajstić information content (AvgIpc) is 2.74. The summed E-state index contributed by atoms with van der Waals surface area (Å²) in [6, 6.07) is 2.57. The lowest BCUT2D eigenvalue weighted by Crippen LogP contribution is -2.56. The molecule has 0 saturated carbocycles. The van der Waals surface area contributed by atoms with Crippen LogP contribution in [-0.2, 0) is 0 Å². The molecule has 1 aliphatic rings. The van der Waals surface area contributed by atoms with Gasteiger partial charge in [0.2, 0.25) is 0 Å². The highest BCUT2D eigenvalue weighted by atomic mass is 35.5. The van der Waals surface area contributed by atoms with Crippen LogP contribution in [0.5, 0.6) is 0 Å². The number of halogens is 1. The molecule has 1 aliphatic heterocycles. The second-order valence-corrected chi connectivity index (χ2v) is 4.91. The van der Waals surface area contributed by atoms with Crippen molar-refractivity contribution in [2.45, 2.75) is 25.9 Å². The third kappa shape index (κ3) is 2.75. The van der Waals surface area contributed by atoms with Gasteiger partial charge in [0.15, 0.2) is 0 Å². The number of piperazine rings is 1. The van der Waals surface area contributed by atoms with E-state index in [2.05, 4.69) is 19.2 Å². The maximum atomic E-state index is 12.1. The maximum absolute atomic E-state index is 12.1. The van der Waals surface area contributed by atoms with Crippen molar-refractivity contribution in [3.63, 3.8) is 0 Å². The molecule has 2 unspecified atom stereocenters. The normalized spacial score (nSPS) is 25.0. The number of rotatable bonds is 1. The number of carbonyl (C=O) groups excluding carboxylic acids is 1. The van der Waals surface area contributed by atoms with E-state index in [0.29, 0.717) is 6.04 Å². The zero-order chi connectivity index (χ0) is 10.8. The highest BCUT2D eigenvalue weighted by molar-refractivity contribution is 7.08. The number of nitrogens with zero attached hydrogens (tertiary/aromatic N) is 1. The van der Waals surface area contributed by atoms with Gasteiger partial charge in [-0.15, -0.1) is 12.4 Å². The van der Waals surface area contributed by atoms with Gasteiger partial charge in [0.1, 0.15) is 0 Å². The van der Waals surface area contributed by atoms with Gasteiger partial charge >= 0.3 is 0 Å². The van der Waals surface area contributed by atoms with Gasteiger partial charge in [-0.1, -0.05) is 0 Å². The molecule has 2 rings (SSSR count). The number of hydrogen-bond donors (Lipinski definition) is 1. The van der Waals surface area contributed by atoms with Gasteiger partial charge in [-0.2, -0.15) is 11.3 Å². The monoisotopic (exact) mass is 260 g/mol. The van der Waals surface area contributed by atoms with Crippen molar-refractivity contribution in [2.24, 2.45) is 0 Å². The Labute approximate surface area is 106 Å². The van der Waals surface area contributed by atoms with Crippen molar-refractivity contribution >= 4 is 29.7 Å². The van der Waals surface area contributed by atoms with Crippen LogP contribution >= 0.6 is 23.7 Å². The fourth-order valence-electron chi connectivity index (χ4n) is 1.86. The van der Waals surface area contributed by atoms with E-state index in [-0.39, 0.29) is 24.4 Å². The number of hydrogen-bond acceptors (Lipinski definition) is 3. The van der Waals surface area contributed by atoms with E-state index in [4.69, 9.17) is 0 Å². The van der Waals surface area contributed by atoms with Gasteiger partial charge < -0.3 is 10.2 Å². The van der Waals surface area contributed by atoms with Gasteiger partial charge in [-0.3, -0.25) is 4.79 Å². The molecule has 2 atom stereocenters. The van der Waals surface area contributed by atoms with Crippen LogP contribution in [0.1, 0.15) is 24.2 Å². The van der Waals surface area contributed by atoms with Crippen molar-refractivity contribution in [2.75, 3.05) is 13.1 Å². The van der Waals surface area contributed by atoms with Gasteiger partial charge in [0.05, 0.1) is 5.56 Å². The minimum absolute atomic E-state index is 0. The van der Waals surface area contributed by atoms with Crippen molar-refractivity contribution in [1.29, 1.82) is 0 Å². The molecule has 1 aromatic heterocycles. The standard InChI is InChI=1S/C11H16N2OS.ClH/c1-8-6-13(9(2)5-12-8)11(14)10-3-4-15-7-10;/h3-4,7-9,12H,5-6H2,1-2H3;1H. The lowest BCUT2D eigenvalue weighted by Gasteiger charge is -2.37. The Morgan fingerprint density at radius 2 is 2.31 bits per heavy atom. The summed E-state index contributed by atoms with van der Waals surface area (Å²) >= 11 is 1.57. The first-order chi connectivity index (χ1) is 7.18. The van der Waals surface area contributed by atoms with Crippen LogP contribution in [0.2, 0.25) is 0 Å². The van der Waals surface area contributed by atoms with Crippen molar-refractivity contribution in [1.82, 2.24) is 10.2 Å². The molecular formula is C11H17ClN2OS. The Morgan fingerprint density at radius 3 is 2.94 bits per heavy atom. The lowest BCUT2D eigenvalue weighted by atomic mass is 10.1. The van der Waals surface area contributed by atoms with Crippen molar-refractivity contribution < 1.29 is 4.79 Å². The lowest BCUT2D eigenvalue weighted by molar-refractivity contribution is 0.0617. The third-order valence-corrected chi connectivity index (χ3v) is 3.48. The van der Waals surface area contributed by atoms with E-state index in [1.165, 1.54) is 0 Å². The quantitative estimate of drug-likeness (QED) is 0.838. The number of carbonyl (C=O) groups is 1. The van der Waals surface area contributed by atoms with Crippen LogP contribution in [0.25, 0.3) is 0 Å². The minimum atomic E-state index is 0. The molecule has 1 fully saturated rings. The van der Waals surface area contributed by atoms with E-state index < -0.39 is 0 Å². The smallest absolute Gasteiger partial charge is 0.255 e. The Morgan fingerprint density at radius 1 is 1.56 bits per heavy atom. The molecule has 0 spiro atoms. The molecule has 16 heavy (non-hydrogen) atoms. The van der Waals surface area contributed by atoms with E-state index in [1.54, 1.807) is 11.3 Å². The summed E-state index contributed by atoms with van der Waals surface area (Å²) in [6.07, 6.45) is 0. The van der Waals surface area contributed by atoms with Crippen molar-refractivity contribution in [3.05, 3.63) is 22.4 Å². The summed E-state index contributed by atoms with van der Waals surface area (Å²) in [6.45, 7) is 5.88. The van der Waals surface area contributed by atoms with Crippen molar-refractivity contribution in [3.8, 4) is 0 Å². The molecule has 0 aromatic carbocycles. The molecule has 1 N–H and O–H groups in total. The largest absolute Gasteiger partial charge is 0.333 e. The first-order valence-electron chi connectivity index (χ1n) is 5.25. The predicted octanol–water partition coefficient (Wildman–Crippen LogP) is 1.99. The van der Waals surface area contributed by atoms with E-state index in [1.807, 2.05) is 21.7 Å². The second-order valence-electron chi connectivity index (χ2n) is 4.13. The van der Waals surface area contributed by atoms with E-state index >= 15 is 0 Å². The molecular weight excluding hydrogens is 244 g/mol. The Kier molecular flexibility index (Phi) is 4.77. The van der Waals surface area contributed by atoms with Crippen LogP contribution in [-0.4, -0.2) is 36.0 Å². The molecule has 90 valence electrons. The molecule has 0 radical (unpaired) electrons. The number of thiophene rings is 1. The highest BCUT2D eigenvalue weighted by Gasteiger charge is 2.27. The summed E-state index contributed by atoms with van der Waals surface area (Å²) in [5, 5.41) is 7.24. The van der Waals surface area contributed by atoms with Gasteiger partial charge in [-0.25, -0.2) is 0 Å². The molecule has 1 saturated heterocycles. The summed E-state index contributed by atoms with van der Waals surface area (Å²) in [5.41, 5.74) is 0.820.